The fourth-order valence-corrected chi connectivity index (χ4v) is 4.82. The number of hydrogen-bond acceptors (Lipinski definition) is 6. The Bertz CT molecular complexity index is 749. The lowest BCUT2D eigenvalue weighted by atomic mass is 10.1. The van der Waals surface area contributed by atoms with Crippen molar-refractivity contribution in [3.05, 3.63) is 28.5 Å². The highest BCUT2D eigenvalue weighted by Crippen LogP contribution is 2.18. The molecule has 2 amide bonds. The van der Waals surface area contributed by atoms with Crippen LogP contribution in [0.2, 0.25) is 5.02 Å². The Kier molecular flexibility index (Phi) is 13.5. The summed E-state index contributed by atoms with van der Waals surface area (Å²) in [5, 5.41) is 0.555. The van der Waals surface area contributed by atoms with E-state index < -0.39 is 0 Å². The molecular formula is C27H42ClN3O5. The Hall–Kier alpha value is -1.74. The first-order valence-corrected chi connectivity index (χ1v) is 13.9. The van der Waals surface area contributed by atoms with Gasteiger partial charge in [0.25, 0.3) is 0 Å². The summed E-state index contributed by atoms with van der Waals surface area (Å²) < 4.78 is 17.0. The van der Waals surface area contributed by atoms with Crippen LogP contribution in [-0.2, 0) is 36.9 Å². The standard InChI is InChI=1S/C27H42ClN3O5/c28-23-19-24-21-30-11-13-34-15-17-36-18-16-35-14-12-31(22-25(20-23)29-24)27(33)10-8-6-4-2-1-3-5-7-9-26(30)32/h19-20H,1-18,21-22H2. The molecule has 0 N–H and O–H groups in total. The Morgan fingerprint density at radius 1 is 0.611 bits per heavy atom. The molecule has 1 aromatic heterocycles. The molecule has 0 spiro atoms. The summed E-state index contributed by atoms with van der Waals surface area (Å²) in [4.78, 5) is 34.6. The summed E-state index contributed by atoms with van der Waals surface area (Å²) in [6, 6.07) is 3.60. The van der Waals surface area contributed by atoms with Crippen molar-refractivity contribution in [2.24, 2.45) is 0 Å². The molecule has 0 fully saturated rings. The fourth-order valence-electron chi connectivity index (χ4n) is 4.57. The lowest BCUT2D eigenvalue weighted by Gasteiger charge is -2.25. The van der Waals surface area contributed by atoms with Gasteiger partial charge in [-0.1, -0.05) is 50.1 Å². The third-order valence-electron chi connectivity index (χ3n) is 6.59. The number of fused-ring (bicyclic) bond motifs is 2. The lowest BCUT2D eigenvalue weighted by molar-refractivity contribution is -0.133. The number of amides is 2. The smallest absolute Gasteiger partial charge is 0.222 e. The number of carbonyl (C=O) groups excluding carboxylic acids is 2. The van der Waals surface area contributed by atoms with Gasteiger partial charge in [0.05, 0.1) is 64.1 Å². The molecule has 0 saturated carbocycles. The van der Waals surface area contributed by atoms with Crippen LogP contribution in [0.3, 0.4) is 0 Å². The van der Waals surface area contributed by atoms with Gasteiger partial charge >= 0.3 is 0 Å². The zero-order valence-corrected chi connectivity index (χ0v) is 22.3. The first-order valence-electron chi connectivity index (χ1n) is 13.6. The molecule has 2 aliphatic heterocycles. The van der Waals surface area contributed by atoms with Gasteiger partial charge in [-0.15, -0.1) is 0 Å². The maximum atomic E-state index is 13.1. The van der Waals surface area contributed by atoms with Crippen molar-refractivity contribution < 1.29 is 23.8 Å². The minimum atomic E-state index is 0.111. The zero-order chi connectivity index (χ0) is 25.4. The first-order chi connectivity index (χ1) is 17.6. The highest BCUT2D eigenvalue weighted by atomic mass is 35.5. The second-order valence-corrected chi connectivity index (χ2v) is 10.0. The van der Waals surface area contributed by atoms with E-state index >= 15 is 0 Å². The van der Waals surface area contributed by atoms with Crippen molar-refractivity contribution in [2.75, 3.05) is 52.7 Å². The average molecular weight is 524 g/mol. The maximum absolute atomic E-state index is 13.1. The summed E-state index contributed by atoms with van der Waals surface area (Å²) in [6.45, 7) is 4.43. The molecular weight excluding hydrogens is 482 g/mol. The van der Waals surface area contributed by atoms with Crippen molar-refractivity contribution in [2.45, 2.75) is 77.3 Å². The molecule has 4 bridgehead atoms. The molecule has 0 aliphatic carbocycles. The van der Waals surface area contributed by atoms with Gasteiger partial charge in [-0.25, -0.2) is 0 Å². The molecule has 3 heterocycles. The summed E-state index contributed by atoms with van der Waals surface area (Å²) in [6.07, 6.45) is 9.60. The Morgan fingerprint density at radius 3 is 1.44 bits per heavy atom. The summed E-state index contributed by atoms with van der Waals surface area (Å²) in [5.41, 5.74) is 1.44. The van der Waals surface area contributed by atoms with E-state index in [1.54, 1.807) is 12.1 Å². The van der Waals surface area contributed by atoms with E-state index in [2.05, 4.69) is 0 Å². The molecule has 0 atom stereocenters. The van der Waals surface area contributed by atoms with Crippen LogP contribution < -0.4 is 0 Å². The second-order valence-electron chi connectivity index (χ2n) is 9.56. The van der Waals surface area contributed by atoms with E-state index in [0.29, 0.717) is 83.7 Å². The normalized spacial score (nSPS) is 21.7. The van der Waals surface area contributed by atoms with Gasteiger partial charge in [-0.05, 0) is 25.0 Å². The van der Waals surface area contributed by atoms with Crippen LogP contribution in [0.4, 0.5) is 0 Å². The van der Waals surface area contributed by atoms with Gasteiger partial charge in [0.15, 0.2) is 0 Å². The number of halogens is 1. The molecule has 0 saturated heterocycles. The topological polar surface area (TPSA) is 81.2 Å². The number of pyridine rings is 1. The second kappa shape index (κ2) is 16.9. The minimum Gasteiger partial charge on any atom is -0.377 e. The van der Waals surface area contributed by atoms with Crippen LogP contribution in [-0.4, -0.2) is 79.3 Å². The van der Waals surface area contributed by atoms with Crippen molar-refractivity contribution in [3.8, 4) is 0 Å². The predicted octanol–water partition coefficient (Wildman–Crippen LogP) is 4.37. The van der Waals surface area contributed by atoms with E-state index in [0.717, 1.165) is 49.9 Å². The van der Waals surface area contributed by atoms with E-state index in [-0.39, 0.29) is 11.8 Å². The molecule has 9 heteroatoms. The van der Waals surface area contributed by atoms with Gasteiger partial charge < -0.3 is 24.0 Å². The van der Waals surface area contributed by atoms with Crippen LogP contribution >= 0.6 is 11.6 Å². The third-order valence-corrected chi connectivity index (χ3v) is 6.81. The van der Waals surface area contributed by atoms with Crippen LogP contribution in [0, 0.1) is 0 Å². The SMILES string of the molecule is O=C1CCCCCCCCCCC(=O)N2CCOCCOCCOCCN1Cc1cc(Cl)cc(n1)C2. The Balaban J connectivity index is 1.82. The number of aromatic nitrogens is 1. The molecule has 36 heavy (non-hydrogen) atoms. The fraction of sp³-hybridized carbons (Fsp3) is 0.741. The van der Waals surface area contributed by atoms with E-state index in [1.165, 1.54) is 12.8 Å². The summed E-state index contributed by atoms with van der Waals surface area (Å²) in [7, 11) is 0. The Labute approximate surface area is 220 Å². The largest absolute Gasteiger partial charge is 0.377 e. The van der Waals surface area contributed by atoms with Crippen molar-refractivity contribution in [1.82, 2.24) is 14.8 Å². The van der Waals surface area contributed by atoms with Crippen molar-refractivity contribution >= 4 is 23.4 Å². The molecule has 0 unspecified atom stereocenters. The summed E-state index contributed by atoms with van der Waals surface area (Å²) >= 11 is 6.46. The quantitative estimate of drug-likeness (QED) is 0.502. The predicted molar refractivity (Wildman–Crippen MR) is 139 cm³/mol. The van der Waals surface area contributed by atoms with Crippen LogP contribution in [0.1, 0.15) is 75.6 Å². The highest BCUT2D eigenvalue weighted by molar-refractivity contribution is 6.30. The van der Waals surface area contributed by atoms with Crippen LogP contribution in [0.15, 0.2) is 12.1 Å². The van der Waals surface area contributed by atoms with Crippen LogP contribution in [0.25, 0.3) is 0 Å². The van der Waals surface area contributed by atoms with Gasteiger partial charge in [-0.2, -0.15) is 0 Å². The average Bonchev–Trinajstić information content (AvgIpc) is 2.85. The summed E-state index contributed by atoms with van der Waals surface area (Å²) in [5.74, 6) is 0.221. The van der Waals surface area contributed by atoms with Crippen molar-refractivity contribution in [3.63, 3.8) is 0 Å². The monoisotopic (exact) mass is 523 g/mol. The molecule has 1 aromatic rings. The van der Waals surface area contributed by atoms with E-state index in [9.17, 15) is 9.59 Å². The van der Waals surface area contributed by atoms with Gasteiger partial charge in [0.2, 0.25) is 11.8 Å². The molecule has 0 radical (unpaired) electrons. The number of nitrogens with zero attached hydrogens (tertiary/aromatic N) is 3. The number of carbonyl (C=O) groups is 2. The molecule has 8 nitrogen and oxygen atoms in total. The maximum Gasteiger partial charge on any atom is 0.222 e. The van der Waals surface area contributed by atoms with Gasteiger partial charge in [0, 0.05) is 31.0 Å². The minimum absolute atomic E-state index is 0.111. The zero-order valence-electron chi connectivity index (χ0n) is 21.6. The van der Waals surface area contributed by atoms with Crippen molar-refractivity contribution in [1.29, 1.82) is 0 Å². The lowest BCUT2D eigenvalue weighted by Crippen LogP contribution is -2.35. The number of ether oxygens (including phenoxy) is 3. The first kappa shape index (κ1) is 28.8. The van der Waals surface area contributed by atoms with E-state index in [1.807, 2.05) is 9.80 Å². The van der Waals surface area contributed by atoms with Crippen LogP contribution in [0.5, 0.6) is 0 Å². The van der Waals surface area contributed by atoms with Gasteiger partial charge in [-0.3, -0.25) is 14.6 Å². The number of hydrogen-bond donors (Lipinski definition) is 0. The van der Waals surface area contributed by atoms with E-state index in [4.69, 9.17) is 30.8 Å². The Morgan fingerprint density at radius 2 is 1.00 bits per heavy atom. The highest BCUT2D eigenvalue weighted by Gasteiger charge is 2.18. The van der Waals surface area contributed by atoms with Gasteiger partial charge in [0.1, 0.15) is 0 Å². The molecule has 3 rings (SSSR count). The molecule has 0 aromatic carbocycles. The third kappa shape index (κ3) is 11.1. The molecule has 202 valence electrons. The molecule has 2 aliphatic rings. The number of rotatable bonds is 0.